The van der Waals surface area contributed by atoms with Gasteiger partial charge in [-0.25, -0.2) is 9.78 Å². The van der Waals surface area contributed by atoms with Crippen LogP contribution in [0.25, 0.3) is 22.2 Å². The van der Waals surface area contributed by atoms with Gasteiger partial charge < -0.3 is 26.1 Å². The maximum absolute atomic E-state index is 13.6. The molecule has 3 amide bonds. The number of amides is 3. The van der Waals surface area contributed by atoms with E-state index in [0.717, 1.165) is 30.9 Å². The molecule has 1 aliphatic rings. The van der Waals surface area contributed by atoms with Crippen LogP contribution in [0.4, 0.5) is 18.9 Å². The molecule has 1 saturated carbocycles. The number of hydrogen-bond acceptors (Lipinski definition) is 7. The van der Waals surface area contributed by atoms with E-state index < -0.39 is 35.8 Å². The maximum Gasteiger partial charge on any atom is 0.417 e. The first kappa shape index (κ1) is 35.6. The van der Waals surface area contributed by atoms with E-state index in [-0.39, 0.29) is 34.5 Å². The van der Waals surface area contributed by atoms with Gasteiger partial charge in [0.25, 0.3) is 5.91 Å². The molecular formula is C34H36ClF3N6O5. The lowest BCUT2D eigenvalue weighted by atomic mass is 9.81. The summed E-state index contributed by atoms with van der Waals surface area (Å²) >= 11 is 6.27. The Morgan fingerprint density at radius 2 is 1.76 bits per heavy atom. The van der Waals surface area contributed by atoms with Gasteiger partial charge in [-0.2, -0.15) is 13.2 Å². The quantitative estimate of drug-likeness (QED) is 0.150. The summed E-state index contributed by atoms with van der Waals surface area (Å²) in [7, 11) is 0. The van der Waals surface area contributed by atoms with Crippen LogP contribution < -0.4 is 27.4 Å². The summed E-state index contributed by atoms with van der Waals surface area (Å²) in [5.41, 5.74) is 8.97. The lowest BCUT2D eigenvalue weighted by Crippen LogP contribution is -2.48. The zero-order valence-corrected chi connectivity index (χ0v) is 27.5. The Kier molecular flexibility index (Phi) is 10.8. The minimum absolute atomic E-state index is 0.119. The van der Waals surface area contributed by atoms with Crippen molar-refractivity contribution >= 4 is 46.1 Å². The summed E-state index contributed by atoms with van der Waals surface area (Å²) in [6.45, 7) is 3.07. The molecule has 0 saturated heterocycles. The molecule has 0 radical (unpaired) electrons. The van der Waals surface area contributed by atoms with Crippen molar-refractivity contribution in [3.8, 4) is 11.1 Å². The van der Waals surface area contributed by atoms with Gasteiger partial charge in [-0.3, -0.25) is 19.4 Å². The minimum atomic E-state index is -4.58. The number of hydrogen-bond donors (Lipinski definition) is 5. The van der Waals surface area contributed by atoms with Crippen molar-refractivity contribution in [1.82, 2.24) is 20.6 Å². The summed E-state index contributed by atoms with van der Waals surface area (Å²) in [6, 6.07) is 10.1. The van der Waals surface area contributed by atoms with Crippen molar-refractivity contribution in [3.63, 3.8) is 0 Å². The largest absolute Gasteiger partial charge is 0.417 e. The van der Waals surface area contributed by atoms with E-state index in [1.165, 1.54) is 18.2 Å². The topological polar surface area (TPSA) is 172 Å². The highest BCUT2D eigenvalue weighted by Gasteiger charge is 2.37. The van der Waals surface area contributed by atoms with Crippen LogP contribution in [0.1, 0.15) is 54.4 Å². The van der Waals surface area contributed by atoms with Crippen molar-refractivity contribution in [1.29, 1.82) is 0 Å². The Morgan fingerprint density at radius 1 is 1.06 bits per heavy atom. The van der Waals surface area contributed by atoms with E-state index in [2.05, 4.69) is 20.6 Å². The third kappa shape index (κ3) is 8.67. The highest BCUT2D eigenvalue weighted by Crippen LogP contribution is 2.30. The number of H-pyrrole nitrogens is 1. The molecule has 2 heterocycles. The van der Waals surface area contributed by atoms with Crippen LogP contribution >= 0.6 is 11.6 Å². The van der Waals surface area contributed by atoms with Crippen LogP contribution in [-0.2, 0) is 16.0 Å². The van der Waals surface area contributed by atoms with E-state index in [1.54, 1.807) is 37.3 Å². The molecule has 2 aromatic heterocycles. The lowest BCUT2D eigenvalue weighted by molar-refractivity contribution is -0.149. The Hall–Kier alpha value is -4.69. The molecule has 15 heteroatoms. The molecule has 49 heavy (non-hydrogen) atoms. The molecule has 0 bridgehead atoms. The van der Waals surface area contributed by atoms with Gasteiger partial charge in [-0.05, 0) is 81.3 Å². The monoisotopic (exact) mass is 700 g/mol. The Labute approximate surface area is 284 Å². The molecule has 4 aromatic rings. The number of nitrogens with two attached hydrogens (primary N) is 1. The van der Waals surface area contributed by atoms with Crippen LogP contribution in [0.15, 0.2) is 57.7 Å². The van der Waals surface area contributed by atoms with Gasteiger partial charge >= 0.3 is 11.9 Å². The lowest BCUT2D eigenvalue weighted by Gasteiger charge is -2.28. The third-order valence-corrected chi connectivity index (χ3v) is 9.07. The number of fused-ring (bicyclic) bond motifs is 1. The Morgan fingerprint density at radius 3 is 2.39 bits per heavy atom. The standard InChI is InChI=1S/C34H36ClF3N6O5/c1-17-24(11-12-26(40-17)31(46)41-18(2)34(36,37)38)21-7-3-19(4-8-21)13-28(43-30(45)22-9-5-20(16-39)6-10-22)32(47)42-23-14-25(35)29-27(15-23)44-33(48)49-29/h3-4,7-8,11-12,14-15,18,20,22,28H,5-6,9-10,13,16,39H2,1-2H3,(H,41,46)(H,42,47)(H,43,45)(H,44,48)/t18?,20?,22?,28-/m0/s1. The first-order valence-corrected chi connectivity index (χ1v) is 16.2. The fourth-order valence-electron chi connectivity index (χ4n) is 5.88. The number of aryl methyl sites for hydroxylation is 1. The average molecular weight is 701 g/mol. The number of alkyl halides is 3. The molecule has 1 aliphatic carbocycles. The number of aromatic amines is 1. The number of oxazole rings is 1. The van der Waals surface area contributed by atoms with E-state index in [4.69, 9.17) is 21.8 Å². The summed E-state index contributed by atoms with van der Waals surface area (Å²) in [6.07, 6.45) is -1.43. The molecule has 0 aliphatic heterocycles. The zero-order chi connectivity index (χ0) is 35.5. The molecule has 1 fully saturated rings. The van der Waals surface area contributed by atoms with Gasteiger partial charge in [-0.15, -0.1) is 0 Å². The summed E-state index contributed by atoms with van der Waals surface area (Å²) < 4.78 is 43.7. The first-order valence-electron chi connectivity index (χ1n) is 15.8. The van der Waals surface area contributed by atoms with Crippen LogP contribution in [-0.4, -0.2) is 52.5 Å². The fourth-order valence-corrected chi connectivity index (χ4v) is 6.14. The predicted octanol–water partition coefficient (Wildman–Crippen LogP) is 5.26. The maximum atomic E-state index is 13.6. The van der Waals surface area contributed by atoms with Crippen LogP contribution in [0.5, 0.6) is 0 Å². The number of aromatic nitrogens is 2. The third-order valence-electron chi connectivity index (χ3n) is 8.79. The number of carbonyl (C=O) groups is 3. The minimum Gasteiger partial charge on any atom is -0.406 e. The zero-order valence-electron chi connectivity index (χ0n) is 26.7. The highest BCUT2D eigenvalue weighted by molar-refractivity contribution is 6.35. The molecule has 2 aromatic carbocycles. The Bertz CT molecular complexity index is 1900. The second-order valence-electron chi connectivity index (χ2n) is 12.3. The summed E-state index contributed by atoms with van der Waals surface area (Å²) in [4.78, 5) is 57.7. The second kappa shape index (κ2) is 14.8. The van der Waals surface area contributed by atoms with E-state index in [1.807, 2.05) is 5.32 Å². The predicted molar refractivity (Wildman–Crippen MR) is 178 cm³/mol. The van der Waals surface area contributed by atoms with Crippen molar-refractivity contribution in [2.75, 3.05) is 11.9 Å². The van der Waals surface area contributed by atoms with E-state index in [9.17, 15) is 32.3 Å². The van der Waals surface area contributed by atoms with Crippen molar-refractivity contribution < 1.29 is 32.0 Å². The highest BCUT2D eigenvalue weighted by atomic mass is 35.5. The smallest absolute Gasteiger partial charge is 0.406 e. The van der Waals surface area contributed by atoms with Gasteiger partial charge in [0.05, 0.1) is 10.5 Å². The molecule has 260 valence electrons. The SMILES string of the molecule is Cc1nc(C(=O)NC(C)C(F)(F)F)ccc1-c1ccc(C[C@H](NC(=O)C2CCC(CN)CC2)C(=O)Nc2cc(Cl)c3oc(=O)[nH]c3c2)cc1. The van der Waals surface area contributed by atoms with Crippen molar-refractivity contribution in [2.45, 2.75) is 64.2 Å². The summed E-state index contributed by atoms with van der Waals surface area (Å²) in [5, 5.41) is 7.74. The molecular weight excluding hydrogens is 665 g/mol. The van der Waals surface area contributed by atoms with E-state index in [0.29, 0.717) is 47.8 Å². The summed E-state index contributed by atoms with van der Waals surface area (Å²) in [5.74, 6) is -2.23. The van der Waals surface area contributed by atoms with Crippen LogP contribution in [0, 0.1) is 18.8 Å². The number of benzene rings is 2. The first-order chi connectivity index (χ1) is 23.2. The number of nitrogens with zero attached hydrogens (tertiary/aromatic N) is 1. The number of halogens is 4. The van der Waals surface area contributed by atoms with Crippen LogP contribution in [0.2, 0.25) is 5.02 Å². The molecule has 2 atom stereocenters. The van der Waals surface area contributed by atoms with Gasteiger partial charge in [0, 0.05) is 29.3 Å². The van der Waals surface area contributed by atoms with Crippen molar-refractivity contribution in [3.05, 3.63) is 81.1 Å². The average Bonchev–Trinajstić information content (AvgIpc) is 3.45. The Balaban J connectivity index is 1.33. The molecule has 6 N–H and O–H groups in total. The normalized spacial score (nSPS) is 17.7. The fraction of sp³-hybridized carbons (Fsp3) is 0.382. The number of carbonyl (C=O) groups excluding carboxylic acids is 3. The number of rotatable bonds is 10. The molecule has 0 spiro atoms. The number of anilines is 1. The number of pyridine rings is 1. The van der Waals surface area contributed by atoms with E-state index >= 15 is 0 Å². The van der Waals surface area contributed by atoms with Gasteiger partial charge in [-0.1, -0.05) is 41.9 Å². The molecule has 11 nitrogen and oxygen atoms in total. The second-order valence-corrected chi connectivity index (χ2v) is 12.7. The van der Waals surface area contributed by atoms with Crippen LogP contribution in [0.3, 0.4) is 0 Å². The number of nitrogens with one attached hydrogen (secondary N) is 4. The van der Waals surface area contributed by atoms with Gasteiger partial charge in [0.15, 0.2) is 5.58 Å². The van der Waals surface area contributed by atoms with Gasteiger partial charge in [0.1, 0.15) is 17.8 Å². The molecule has 1 unspecified atom stereocenters. The van der Waals surface area contributed by atoms with Crippen molar-refractivity contribution in [2.24, 2.45) is 17.6 Å². The molecule has 5 rings (SSSR count). The van der Waals surface area contributed by atoms with Gasteiger partial charge in [0.2, 0.25) is 11.8 Å².